The number of aromatic nitrogens is 5. The van der Waals surface area contributed by atoms with Crippen molar-refractivity contribution >= 4 is 11.4 Å². The van der Waals surface area contributed by atoms with E-state index in [1.807, 2.05) is 42.5 Å². The lowest BCUT2D eigenvalue weighted by Crippen LogP contribution is -2.22. The number of nitrogens with zero attached hydrogens (tertiary/aromatic N) is 5. The van der Waals surface area contributed by atoms with Gasteiger partial charge in [-0.15, -0.1) is 5.10 Å². The van der Waals surface area contributed by atoms with Crippen LogP contribution in [0, 0.1) is 0 Å². The van der Waals surface area contributed by atoms with Crippen LogP contribution in [0.5, 0.6) is 11.6 Å². The second-order valence-electron chi connectivity index (χ2n) is 7.22. The summed E-state index contributed by atoms with van der Waals surface area (Å²) in [6.07, 6.45) is 3.25. The smallest absolute Gasteiger partial charge is 0.228 e. The molecule has 0 bridgehead atoms. The highest BCUT2D eigenvalue weighted by Crippen LogP contribution is 2.44. The minimum Gasteiger partial charge on any atom is -0.497 e. The predicted molar refractivity (Wildman–Crippen MR) is 113 cm³/mol. The van der Waals surface area contributed by atoms with E-state index in [1.54, 1.807) is 38.0 Å². The van der Waals surface area contributed by atoms with Gasteiger partial charge in [0.2, 0.25) is 11.7 Å². The predicted octanol–water partition coefficient (Wildman–Crippen LogP) is 3.58. The van der Waals surface area contributed by atoms with Crippen molar-refractivity contribution in [1.82, 2.24) is 24.6 Å². The van der Waals surface area contributed by atoms with E-state index in [4.69, 9.17) is 14.5 Å². The maximum atomic E-state index is 12.7. The fourth-order valence-electron chi connectivity index (χ4n) is 3.93. The quantitative estimate of drug-likeness (QED) is 0.505. The van der Waals surface area contributed by atoms with Crippen molar-refractivity contribution in [3.05, 3.63) is 77.4 Å². The Labute approximate surface area is 178 Å². The van der Waals surface area contributed by atoms with Gasteiger partial charge in [-0.2, -0.15) is 0 Å². The van der Waals surface area contributed by atoms with Crippen molar-refractivity contribution in [1.29, 1.82) is 0 Å². The average molecular weight is 413 g/mol. The number of ether oxygens (including phenoxy) is 2. The van der Waals surface area contributed by atoms with Crippen LogP contribution in [0.4, 0.5) is 0 Å². The lowest BCUT2D eigenvalue weighted by molar-refractivity contribution is -0.114. The molecule has 31 heavy (non-hydrogen) atoms. The lowest BCUT2D eigenvalue weighted by Gasteiger charge is -2.28. The Balaban J connectivity index is 1.76. The van der Waals surface area contributed by atoms with Gasteiger partial charge in [0.1, 0.15) is 23.5 Å². The number of allylic oxidation sites excluding steroid dienone is 2. The zero-order valence-corrected chi connectivity index (χ0v) is 17.2. The Morgan fingerprint density at radius 1 is 1.13 bits per heavy atom. The van der Waals surface area contributed by atoms with Gasteiger partial charge in [0.25, 0.3) is 0 Å². The van der Waals surface area contributed by atoms with Crippen LogP contribution in [0.25, 0.3) is 17.2 Å². The summed E-state index contributed by atoms with van der Waals surface area (Å²) in [6, 6.07) is 13.2. The second-order valence-corrected chi connectivity index (χ2v) is 7.22. The van der Waals surface area contributed by atoms with Crippen LogP contribution in [0.3, 0.4) is 0 Å². The number of pyridine rings is 1. The van der Waals surface area contributed by atoms with Gasteiger partial charge < -0.3 is 9.47 Å². The zero-order chi connectivity index (χ0) is 21.5. The summed E-state index contributed by atoms with van der Waals surface area (Å²) in [5.74, 6) is 1.68. The molecule has 4 heterocycles. The molecule has 0 aliphatic carbocycles. The number of benzene rings is 1. The van der Waals surface area contributed by atoms with Gasteiger partial charge in [-0.25, -0.2) is 14.5 Å². The van der Waals surface area contributed by atoms with Crippen LogP contribution >= 0.6 is 0 Å². The summed E-state index contributed by atoms with van der Waals surface area (Å²) < 4.78 is 12.8. The first-order valence-electron chi connectivity index (χ1n) is 9.77. The molecule has 1 atom stereocenters. The van der Waals surface area contributed by atoms with E-state index in [1.165, 1.54) is 0 Å². The molecule has 0 radical (unpaired) electrons. The Bertz CT molecular complexity index is 1330. The van der Waals surface area contributed by atoms with Gasteiger partial charge in [0.15, 0.2) is 11.4 Å². The first-order chi connectivity index (χ1) is 15.1. The normalized spacial score (nSPS) is 15.5. The first-order valence-corrected chi connectivity index (χ1v) is 9.77. The third-order valence-electron chi connectivity index (χ3n) is 5.32. The molecule has 0 saturated heterocycles. The van der Waals surface area contributed by atoms with E-state index in [0.29, 0.717) is 39.9 Å². The van der Waals surface area contributed by atoms with Crippen LogP contribution < -0.4 is 9.47 Å². The van der Waals surface area contributed by atoms with Crippen molar-refractivity contribution < 1.29 is 14.3 Å². The standard InChI is InChI=1S/C23H19N5O3/c1-13(29)18-14(2)31-23-20(19(18)15-7-9-16(30-3)10-8-15)22-26-21(27-28(22)12-25-23)17-6-4-5-11-24-17/h4-12,19H,1-3H3/t19-/m1/s1. The molecule has 0 unspecified atom stereocenters. The summed E-state index contributed by atoms with van der Waals surface area (Å²) in [6.45, 7) is 3.33. The lowest BCUT2D eigenvalue weighted by atomic mass is 9.82. The fraction of sp³-hybridized carbons (Fsp3) is 0.174. The minimum absolute atomic E-state index is 0.0737. The number of carbonyl (C=O) groups excluding carboxylic acids is 1. The van der Waals surface area contributed by atoms with Crippen molar-refractivity contribution in [3.8, 4) is 23.1 Å². The molecule has 5 rings (SSSR count). The van der Waals surface area contributed by atoms with Gasteiger partial charge in [-0.05, 0) is 43.7 Å². The molecule has 0 saturated carbocycles. The molecular weight excluding hydrogens is 394 g/mol. The Kier molecular flexibility index (Phi) is 4.47. The summed E-state index contributed by atoms with van der Waals surface area (Å²) in [4.78, 5) is 26.2. The summed E-state index contributed by atoms with van der Waals surface area (Å²) in [5.41, 5.74) is 3.38. The second kappa shape index (κ2) is 7.32. The third-order valence-corrected chi connectivity index (χ3v) is 5.32. The van der Waals surface area contributed by atoms with Crippen molar-refractivity contribution in [2.24, 2.45) is 0 Å². The maximum absolute atomic E-state index is 12.7. The SMILES string of the molecule is COc1ccc([C@@H]2C(C(C)=O)=C(C)Oc3ncn4nc(-c5ccccn5)nc4c32)cc1. The van der Waals surface area contributed by atoms with Crippen molar-refractivity contribution in [2.75, 3.05) is 7.11 Å². The number of ketones is 1. The highest BCUT2D eigenvalue weighted by Gasteiger charge is 2.36. The molecule has 8 heteroatoms. The number of fused-ring (bicyclic) bond motifs is 3. The molecule has 154 valence electrons. The zero-order valence-electron chi connectivity index (χ0n) is 17.2. The summed E-state index contributed by atoms with van der Waals surface area (Å²) in [7, 11) is 1.62. The number of hydrogen-bond acceptors (Lipinski definition) is 7. The van der Waals surface area contributed by atoms with E-state index in [-0.39, 0.29) is 5.78 Å². The number of methoxy groups -OCH3 is 1. The fourth-order valence-corrected chi connectivity index (χ4v) is 3.93. The van der Waals surface area contributed by atoms with Gasteiger partial charge in [-0.1, -0.05) is 18.2 Å². The van der Waals surface area contributed by atoms with Gasteiger partial charge in [0, 0.05) is 17.7 Å². The van der Waals surface area contributed by atoms with Crippen LogP contribution in [0.1, 0.15) is 30.9 Å². The number of hydrogen-bond donors (Lipinski definition) is 0. The van der Waals surface area contributed by atoms with Gasteiger partial charge >= 0.3 is 0 Å². The molecule has 0 amide bonds. The number of Topliss-reactive ketones (excluding diaryl/α,β-unsaturated/α-hetero) is 1. The van der Waals surface area contributed by atoms with E-state index in [2.05, 4.69) is 15.1 Å². The van der Waals surface area contributed by atoms with E-state index < -0.39 is 5.92 Å². The largest absolute Gasteiger partial charge is 0.497 e. The van der Waals surface area contributed by atoms with Gasteiger partial charge in [0.05, 0.1) is 12.7 Å². The Morgan fingerprint density at radius 3 is 2.61 bits per heavy atom. The summed E-state index contributed by atoms with van der Waals surface area (Å²) >= 11 is 0. The molecular formula is C23H19N5O3. The Hall–Kier alpha value is -4.07. The number of rotatable bonds is 4. The highest BCUT2D eigenvalue weighted by atomic mass is 16.5. The van der Waals surface area contributed by atoms with E-state index in [9.17, 15) is 4.79 Å². The molecule has 8 nitrogen and oxygen atoms in total. The average Bonchev–Trinajstić information content (AvgIpc) is 3.23. The number of carbonyl (C=O) groups is 1. The summed E-state index contributed by atoms with van der Waals surface area (Å²) in [5, 5.41) is 4.54. The molecule has 1 aliphatic rings. The third kappa shape index (κ3) is 3.13. The highest BCUT2D eigenvalue weighted by molar-refractivity contribution is 5.97. The minimum atomic E-state index is -0.399. The van der Waals surface area contributed by atoms with E-state index in [0.717, 1.165) is 11.3 Å². The molecule has 3 aromatic heterocycles. The van der Waals surface area contributed by atoms with Crippen LogP contribution in [0.15, 0.2) is 66.3 Å². The maximum Gasteiger partial charge on any atom is 0.228 e. The molecule has 1 aromatic carbocycles. The molecule has 4 aromatic rings. The van der Waals surface area contributed by atoms with Crippen molar-refractivity contribution in [2.45, 2.75) is 19.8 Å². The van der Waals surface area contributed by atoms with Crippen molar-refractivity contribution in [3.63, 3.8) is 0 Å². The monoisotopic (exact) mass is 413 g/mol. The molecule has 0 spiro atoms. The molecule has 1 aliphatic heterocycles. The topological polar surface area (TPSA) is 91.5 Å². The van der Waals surface area contributed by atoms with E-state index >= 15 is 0 Å². The Morgan fingerprint density at radius 2 is 1.94 bits per heavy atom. The molecule has 0 N–H and O–H groups in total. The van der Waals surface area contributed by atoms with Gasteiger partial charge in [-0.3, -0.25) is 9.78 Å². The molecule has 0 fully saturated rings. The van der Waals surface area contributed by atoms with Crippen LogP contribution in [0.2, 0.25) is 0 Å². The van der Waals surface area contributed by atoms with Crippen LogP contribution in [-0.4, -0.2) is 37.5 Å². The van der Waals surface area contributed by atoms with Crippen LogP contribution in [-0.2, 0) is 4.79 Å². The first kappa shape index (κ1) is 18.9.